The number of hydrogen-bond acceptors (Lipinski definition) is 6. The maximum absolute atomic E-state index is 13.4. The van der Waals surface area contributed by atoms with Crippen LogP contribution in [-0.4, -0.2) is 64.2 Å². The summed E-state index contributed by atoms with van der Waals surface area (Å²) in [6, 6.07) is 11.3. The van der Waals surface area contributed by atoms with Crippen molar-refractivity contribution in [2.75, 3.05) is 43.9 Å². The van der Waals surface area contributed by atoms with Crippen molar-refractivity contribution < 1.29 is 22.7 Å². The van der Waals surface area contributed by atoms with Gasteiger partial charge in [-0.3, -0.25) is 9.59 Å². The van der Waals surface area contributed by atoms with Crippen molar-refractivity contribution in [3.63, 3.8) is 0 Å². The molecule has 1 N–H and O–H groups in total. The van der Waals surface area contributed by atoms with Crippen molar-refractivity contribution >= 4 is 39.1 Å². The number of carbonyl (C=O) groups is 2. The van der Waals surface area contributed by atoms with Gasteiger partial charge in [0.2, 0.25) is 15.9 Å². The zero-order chi connectivity index (χ0) is 28.1. The van der Waals surface area contributed by atoms with E-state index in [1.165, 1.54) is 11.1 Å². The maximum Gasteiger partial charge on any atom is 0.264 e. The molecule has 1 saturated carbocycles. The van der Waals surface area contributed by atoms with Gasteiger partial charge in [0.25, 0.3) is 5.91 Å². The van der Waals surface area contributed by atoms with Crippen LogP contribution >= 0.6 is 11.6 Å². The monoisotopic (exact) mass is 585 g/mol. The third kappa shape index (κ3) is 5.18. The maximum atomic E-state index is 13.4. The van der Waals surface area contributed by atoms with Gasteiger partial charge in [-0.05, 0) is 92.3 Å². The number of anilines is 1. The number of amides is 2. The van der Waals surface area contributed by atoms with Gasteiger partial charge < -0.3 is 14.5 Å². The Balaban J connectivity index is 1.42. The van der Waals surface area contributed by atoms with Crippen molar-refractivity contribution in [1.82, 2.24) is 9.62 Å². The van der Waals surface area contributed by atoms with E-state index in [0.717, 1.165) is 42.8 Å². The lowest BCUT2D eigenvalue weighted by atomic mass is 9.69. The Morgan fingerprint density at radius 3 is 2.73 bits per heavy atom. The second-order valence-electron chi connectivity index (χ2n) is 11.9. The lowest BCUT2D eigenvalue weighted by molar-refractivity contribution is -0.139. The Kier molecular flexibility index (Phi) is 7.23. The van der Waals surface area contributed by atoms with E-state index in [9.17, 15) is 18.0 Å². The number of nitrogens with one attached hydrogen (secondary N) is 1. The second kappa shape index (κ2) is 10.6. The van der Waals surface area contributed by atoms with Crippen molar-refractivity contribution in [1.29, 1.82) is 0 Å². The predicted molar refractivity (Wildman–Crippen MR) is 155 cm³/mol. The SMILES string of the molecule is CN1CCCCS(=O)(=O)NC(=O)c2ccc3c(c2)N(C[C@@H]2CC[C@H]2C1=O)C[C@@]1(CCCc2cc(Cl)ccc21)CO3. The van der Waals surface area contributed by atoms with Gasteiger partial charge in [-0.25, -0.2) is 13.1 Å². The Morgan fingerprint density at radius 2 is 1.93 bits per heavy atom. The topological polar surface area (TPSA) is 96.0 Å². The molecule has 0 radical (unpaired) electrons. The highest BCUT2D eigenvalue weighted by Crippen LogP contribution is 2.46. The smallest absolute Gasteiger partial charge is 0.264 e. The molecular formula is C30H36ClN3O5S. The molecule has 0 unspecified atom stereocenters. The Morgan fingerprint density at radius 1 is 1.07 bits per heavy atom. The average Bonchev–Trinajstić information content (AvgIpc) is 3.05. The normalized spacial score (nSPS) is 28.4. The lowest BCUT2D eigenvalue weighted by Gasteiger charge is -2.44. The third-order valence-corrected chi connectivity index (χ3v) is 10.8. The number of rotatable bonds is 0. The quantitative estimate of drug-likeness (QED) is 0.499. The molecule has 2 bridgehead atoms. The molecule has 2 aliphatic heterocycles. The number of sulfonamides is 1. The minimum absolute atomic E-state index is 0.0610. The first-order valence-electron chi connectivity index (χ1n) is 14.2. The van der Waals surface area contributed by atoms with Crippen LogP contribution in [0.2, 0.25) is 5.02 Å². The first-order valence-corrected chi connectivity index (χ1v) is 16.3. The third-order valence-electron chi connectivity index (χ3n) is 9.27. The number of benzene rings is 2. The van der Waals surface area contributed by atoms with E-state index >= 15 is 0 Å². The molecule has 2 amide bonds. The predicted octanol–water partition coefficient (Wildman–Crippen LogP) is 4.15. The molecule has 2 aromatic carbocycles. The largest absolute Gasteiger partial charge is 0.490 e. The van der Waals surface area contributed by atoms with Gasteiger partial charge in [-0.15, -0.1) is 0 Å². The van der Waals surface area contributed by atoms with E-state index in [4.69, 9.17) is 16.3 Å². The molecule has 3 atom stereocenters. The first kappa shape index (κ1) is 27.4. The Labute approximate surface area is 241 Å². The first-order chi connectivity index (χ1) is 19.1. The summed E-state index contributed by atoms with van der Waals surface area (Å²) < 4.78 is 34.0. The molecule has 2 aromatic rings. The van der Waals surface area contributed by atoms with Gasteiger partial charge in [0, 0.05) is 48.6 Å². The number of hydrogen-bond donors (Lipinski definition) is 1. The highest BCUT2D eigenvalue weighted by molar-refractivity contribution is 7.90. The number of aryl methyl sites for hydroxylation is 1. The van der Waals surface area contributed by atoms with Crippen LogP contribution in [0, 0.1) is 11.8 Å². The number of fused-ring (bicyclic) bond motifs is 4. The van der Waals surface area contributed by atoms with Gasteiger partial charge >= 0.3 is 0 Å². The zero-order valence-electron chi connectivity index (χ0n) is 22.8. The van der Waals surface area contributed by atoms with Gasteiger partial charge in [0.05, 0.1) is 18.0 Å². The molecule has 4 aliphatic rings. The molecule has 6 rings (SSSR count). The summed E-state index contributed by atoms with van der Waals surface area (Å²) >= 11 is 6.37. The van der Waals surface area contributed by atoms with Crippen LogP contribution in [0.3, 0.4) is 0 Å². The lowest BCUT2D eigenvalue weighted by Crippen LogP contribution is -2.50. The van der Waals surface area contributed by atoms with Gasteiger partial charge in [0.15, 0.2) is 0 Å². The van der Waals surface area contributed by atoms with E-state index in [1.54, 1.807) is 30.1 Å². The van der Waals surface area contributed by atoms with Crippen molar-refractivity contribution in [2.24, 2.45) is 11.8 Å². The fourth-order valence-corrected chi connectivity index (χ4v) is 8.22. The molecule has 2 aliphatic carbocycles. The van der Waals surface area contributed by atoms with Crippen molar-refractivity contribution in [2.45, 2.75) is 50.4 Å². The minimum atomic E-state index is -3.81. The summed E-state index contributed by atoms with van der Waals surface area (Å²) in [6.45, 7) is 2.31. The molecule has 0 saturated heterocycles. The highest BCUT2D eigenvalue weighted by Gasteiger charge is 2.45. The molecule has 8 nitrogen and oxygen atoms in total. The van der Waals surface area contributed by atoms with Crippen LogP contribution in [-0.2, 0) is 26.7 Å². The number of ether oxygens (including phenoxy) is 1. The average molecular weight is 586 g/mol. The molecular weight excluding hydrogens is 550 g/mol. The van der Waals surface area contributed by atoms with Crippen LogP contribution in [0.25, 0.3) is 0 Å². The van der Waals surface area contributed by atoms with E-state index in [-0.39, 0.29) is 34.5 Å². The molecule has 1 fully saturated rings. The second-order valence-corrected chi connectivity index (χ2v) is 14.2. The molecule has 1 spiro atoms. The summed E-state index contributed by atoms with van der Waals surface area (Å²) in [6.07, 6.45) is 5.69. The standard InChI is InChI=1S/C30H36ClN3O5S/c1-33-13-2-3-14-40(37,38)32-28(35)21-7-11-27-26(16-21)34(17-22-6-9-24(22)29(33)36)18-30(19-39-27)12-4-5-20-15-23(31)8-10-25(20)30/h7-8,10-11,15-16,22,24H,2-6,9,12-14,17-19H2,1H3,(H,32,35)/t22-,24+,30-/m0/s1. The number of carbonyl (C=O) groups excluding carboxylic acids is 2. The summed E-state index contributed by atoms with van der Waals surface area (Å²) in [7, 11) is -2.00. The van der Waals surface area contributed by atoms with E-state index in [1.807, 2.05) is 6.07 Å². The Bertz CT molecular complexity index is 1450. The Hall–Kier alpha value is -2.78. The molecule has 0 aromatic heterocycles. The van der Waals surface area contributed by atoms with Crippen LogP contribution in [0.1, 0.15) is 60.0 Å². The number of nitrogens with zero attached hydrogens (tertiary/aromatic N) is 2. The molecule has 10 heteroatoms. The van der Waals surface area contributed by atoms with Gasteiger partial charge in [-0.1, -0.05) is 17.7 Å². The van der Waals surface area contributed by atoms with Gasteiger partial charge in [0.1, 0.15) is 5.75 Å². The van der Waals surface area contributed by atoms with Crippen molar-refractivity contribution in [3.8, 4) is 5.75 Å². The van der Waals surface area contributed by atoms with Crippen LogP contribution < -0.4 is 14.4 Å². The van der Waals surface area contributed by atoms with E-state index < -0.39 is 15.9 Å². The molecule has 2 heterocycles. The van der Waals surface area contributed by atoms with Gasteiger partial charge in [-0.2, -0.15) is 0 Å². The van der Waals surface area contributed by atoms with Crippen LogP contribution in [0.4, 0.5) is 5.69 Å². The molecule has 40 heavy (non-hydrogen) atoms. The minimum Gasteiger partial charge on any atom is -0.490 e. The summed E-state index contributed by atoms with van der Waals surface area (Å²) in [5, 5.41) is 0.726. The number of halogens is 1. The molecule has 214 valence electrons. The summed E-state index contributed by atoms with van der Waals surface area (Å²) in [5.41, 5.74) is 3.25. The van der Waals surface area contributed by atoms with Crippen LogP contribution in [0.15, 0.2) is 36.4 Å². The van der Waals surface area contributed by atoms with E-state index in [2.05, 4.69) is 21.8 Å². The fourth-order valence-electron chi connectivity index (χ4n) is 6.94. The zero-order valence-corrected chi connectivity index (χ0v) is 24.4. The van der Waals surface area contributed by atoms with Crippen LogP contribution in [0.5, 0.6) is 5.75 Å². The highest BCUT2D eigenvalue weighted by atomic mass is 35.5. The summed E-state index contributed by atoms with van der Waals surface area (Å²) in [4.78, 5) is 30.5. The summed E-state index contributed by atoms with van der Waals surface area (Å²) in [5.74, 6) is 0.120. The fraction of sp³-hybridized carbons (Fsp3) is 0.533. The van der Waals surface area contributed by atoms with E-state index in [0.29, 0.717) is 44.8 Å². The van der Waals surface area contributed by atoms with Crippen molar-refractivity contribution in [3.05, 3.63) is 58.1 Å².